The molecule has 1 aromatic heterocycles. The summed E-state index contributed by atoms with van der Waals surface area (Å²) in [5.41, 5.74) is 1.10. The fourth-order valence-electron chi connectivity index (χ4n) is 2.43. The maximum atomic E-state index is 13.8. The number of aryl methyl sites for hydroxylation is 1. The van der Waals surface area contributed by atoms with Gasteiger partial charge in [0.25, 0.3) is 15.6 Å². The molecule has 6 nitrogen and oxygen atoms in total. The van der Waals surface area contributed by atoms with E-state index in [1.165, 1.54) is 36.4 Å². The SMILES string of the molecule is CCc1cc(=O)[nH]c(-c2cccc(NS(=O)(=O)c3ccccc3F)c2)n1. The van der Waals surface area contributed by atoms with Crippen molar-refractivity contribution in [1.29, 1.82) is 0 Å². The third kappa shape index (κ3) is 3.80. The lowest BCUT2D eigenvalue weighted by Gasteiger charge is -2.10. The van der Waals surface area contributed by atoms with Crippen LogP contribution in [0.15, 0.2) is 64.3 Å². The molecule has 3 rings (SSSR count). The number of hydrogen-bond acceptors (Lipinski definition) is 4. The third-order valence-corrected chi connectivity index (χ3v) is 5.09. The first-order valence-electron chi connectivity index (χ1n) is 7.87. The Labute approximate surface area is 149 Å². The van der Waals surface area contributed by atoms with Gasteiger partial charge in [0.1, 0.15) is 16.5 Å². The van der Waals surface area contributed by atoms with Crippen molar-refractivity contribution in [3.05, 3.63) is 76.5 Å². The molecule has 0 aliphatic rings. The van der Waals surface area contributed by atoms with E-state index < -0.39 is 20.7 Å². The summed E-state index contributed by atoms with van der Waals surface area (Å²) in [6, 6.07) is 12.9. The molecule has 0 bridgehead atoms. The Morgan fingerprint density at radius 3 is 2.62 bits per heavy atom. The highest BCUT2D eigenvalue weighted by atomic mass is 32.2. The first-order valence-corrected chi connectivity index (χ1v) is 9.35. The molecule has 3 aromatic rings. The second-order valence-corrected chi connectivity index (χ2v) is 7.21. The van der Waals surface area contributed by atoms with Crippen molar-refractivity contribution in [3.63, 3.8) is 0 Å². The van der Waals surface area contributed by atoms with Crippen molar-refractivity contribution >= 4 is 15.7 Å². The highest BCUT2D eigenvalue weighted by molar-refractivity contribution is 7.92. The Balaban J connectivity index is 1.97. The summed E-state index contributed by atoms with van der Waals surface area (Å²) in [7, 11) is -4.08. The molecule has 0 aliphatic carbocycles. The molecule has 0 amide bonds. The summed E-state index contributed by atoms with van der Waals surface area (Å²) in [6.45, 7) is 1.88. The molecule has 0 spiro atoms. The van der Waals surface area contributed by atoms with Crippen LogP contribution in [0.25, 0.3) is 11.4 Å². The maximum absolute atomic E-state index is 13.8. The van der Waals surface area contributed by atoms with Gasteiger partial charge < -0.3 is 4.98 Å². The number of nitrogens with zero attached hydrogens (tertiary/aromatic N) is 1. The molecule has 0 atom stereocenters. The summed E-state index contributed by atoms with van der Waals surface area (Å²) >= 11 is 0. The van der Waals surface area contributed by atoms with Gasteiger partial charge in [-0.3, -0.25) is 9.52 Å². The normalized spacial score (nSPS) is 11.3. The van der Waals surface area contributed by atoms with E-state index in [4.69, 9.17) is 0 Å². The molecule has 1 heterocycles. The first kappa shape index (κ1) is 17.8. The molecule has 2 N–H and O–H groups in total. The summed E-state index contributed by atoms with van der Waals surface area (Å²) in [4.78, 5) is 18.3. The fourth-order valence-corrected chi connectivity index (χ4v) is 3.56. The molecule has 0 radical (unpaired) electrons. The van der Waals surface area contributed by atoms with Crippen LogP contribution in [-0.4, -0.2) is 18.4 Å². The van der Waals surface area contributed by atoms with Crippen LogP contribution >= 0.6 is 0 Å². The Bertz CT molecular complexity index is 1110. The Kier molecular flexibility index (Phi) is 4.85. The zero-order chi connectivity index (χ0) is 18.7. The average Bonchev–Trinajstić information content (AvgIpc) is 2.61. The molecule has 2 aromatic carbocycles. The van der Waals surface area contributed by atoms with Crippen LogP contribution in [0.1, 0.15) is 12.6 Å². The minimum Gasteiger partial charge on any atom is -0.307 e. The van der Waals surface area contributed by atoms with Gasteiger partial charge in [0, 0.05) is 23.0 Å². The topological polar surface area (TPSA) is 91.9 Å². The second-order valence-electron chi connectivity index (χ2n) is 5.56. The van der Waals surface area contributed by atoms with Gasteiger partial charge in [0.2, 0.25) is 0 Å². The molecule has 0 saturated carbocycles. The van der Waals surface area contributed by atoms with Crippen LogP contribution in [0.2, 0.25) is 0 Å². The molecule has 26 heavy (non-hydrogen) atoms. The third-order valence-electron chi connectivity index (χ3n) is 3.67. The lowest BCUT2D eigenvalue weighted by atomic mass is 10.2. The van der Waals surface area contributed by atoms with Crippen LogP contribution < -0.4 is 10.3 Å². The van der Waals surface area contributed by atoms with Gasteiger partial charge >= 0.3 is 0 Å². The van der Waals surface area contributed by atoms with Crippen LogP contribution in [0.3, 0.4) is 0 Å². The zero-order valence-electron chi connectivity index (χ0n) is 13.9. The van der Waals surface area contributed by atoms with Crippen LogP contribution in [0.4, 0.5) is 10.1 Å². The van der Waals surface area contributed by atoms with Crippen LogP contribution in [-0.2, 0) is 16.4 Å². The number of H-pyrrole nitrogens is 1. The van der Waals surface area contributed by atoms with Gasteiger partial charge in [-0.15, -0.1) is 0 Å². The quantitative estimate of drug-likeness (QED) is 0.719. The van der Waals surface area contributed by atoms with E-state index >= 15 is 0 Å². The lowest BCUT2D eigenvalue weighted by Crippen LogP contribution is -2.14. The van der Waals surface area contributed by atoms with Crippen molar-refractivity contribution in [3.8, 4) is 11.4 Å². The highest BCUT2D eigenvalue weighted by Gasteiger charge is 2.18. The van der Waals surface area contributed by atoms with Crippen molar-refractivity contribution in [2.24, 2.45) is 0 Å². The van der Waals surface area contributed by atoms with Crippen molar-refractivity contribution in [1.82, 2.24) is 9.97 Å². The van der Waals surface area contributed by atoms with Gasteiger partial charge in [-0.2, -0.15) is 0 Å². The molecular formula is C18H16FN3O3S. The van der Waals surface area contributed by atoms with Gasteiger partial charge in [-0.05, 0) is 30.7 Å². The van der Waals surface area contributed by atoms with Gasteiger partial charge in [0.05, 0.1) is 0 Å². The standard InChI is InChI=1S/C18H16FN3O3S/c1-2-13-11-17(23)21-18(20-13)12-6-5-7-14(10-12)22-26(24,25)16-9-4-3-8-15(16)19/h3-11,22H,2H2,1H3,(H,20,21,23). The molecule has 8 heteroatoms. The Morgan fingerprint density at radius 1 is 1.12 bits per heavy atom. The van der Waals surface area contributed by atoms with E-state index in [0.29, 0.717) is 23.5 Å². The second kappa shape index (κ2) is 7.09. The summed E-state index contributed by atoms with van der Waals surface area (Å²) < 4.78 is 40.9. The minimum atomic E-state index is -4.08. The van der Waals surface area contributed by atoms with E-state index in [0.717, 1.165) is 6.07 Å². The number of halogens is 1. The van der Waals surface area contributed by atoms with Crippen molar-refractivity contribution in [2.45, 2.75) is 18.2 Å². The Morgan fingerprint density at radius 2 is 1.88 bits per heavy atom. The summed E-state index contributed by atoms with van der Waals surface area (Å²) in [6.07, 6.45) is 0.594. The number of anilines is 1. The fraction of sp³-hybridized carbons (Fsp3) is 0.111. The molecule has 0 fully saturated rings. The number of aromatic nitrogens is 2. The van der Waals surface area contributed by atoms with Gasteiger partial charge in [-0.1, -0.05) is 31.2 Å². The number of nitrogens with one attached hydrogen (secondary N) is 2. The van der Waals surface area contributed by atoms with E-state index in [1.54, 1.807) is 12.1 Å². The minimum absolute atomic E-state index is 0.232. The number of rotatable bonds is 5. The highest BCUT2D eigenvalue weighted by Crippen LogP contribution is 2.22. The number of sulfonamides is 1. The number of hydrogen-bond donors (Lipinski definition) is 2. The first-order chi connectivity index (χ1) is 12.4. The Hall–Kier alpha value is -3.00. The largest absolute Gasteiger partial charge is 0.307 e. The maximum Gasteiger partial charge on any atom is 0.264 e. The predicted molar refractivity (Wildman–Crippen MR) is 96.9 cm³/mol. The lowest BCUT2D eigenvalue weighted by molar-refractivity contribution is 0.570. The van der Waals surface area contributed by atoms with Crippen LogP contribution in [0, 0.1) is 5.82 Å². The predicted octanol–water partition coefficient (Wildman–Crippen LogP) is 2.94. The molecule has 0 aliphatic heterocycles. The molecule has 0 unspecified atom stereocenters. The van der Waals surface area contributed by atoms with Crippen molar-refractivity contribution in [2.75, 3.05) is 4.72 Å². The molecular weight excluding hydrogens is 357 g/mol. The summed E-state index contributed by atoms with van der Waals surface area (Å²) in [5.74, 6) is -0.501. The van der Waals surface area contributed by atoms with Gasteiger partial charge in [-0.25, -0.2) is 17.8 Å². The molecule has 0 saturated heterocycles. The van der Waals surface area contributed by atoms with E-state index in [9.17, 15) is 17.6 Å². The molecule has 134 valence electrons. The van der Waals surface area contributed by atoms with Crippen LogP contribution in [0.5, 0.6) is 0 Å². The average molecular weight is 373 g/mol. The van der Waals surface area contributed by atoms with Gasteiger partial charge in [0.15, 0.2) is 0 Å². The zero-order valence-corrected chi connectivity index (χ0v) is 14.7. The van der Waals surface area contributed by atoms with Crippen molar-refractivity contribution < 1.29 is 12.8 Å². The van der Waals surface area contributed by atoms with E-state index in [2.05, 4.69) is 14.7 Å². The van der Waals surface area contributed by atoms with E-state index in [-0.39, 0.29) is 11.2 Å². The number of benzene rings is 2. The smallest absolute Gasteiger partial charge is 0.264 e. The van der Waals surface area contributed by atoms with E-state index in [1.807, 2.05) is 6.92 Å². The number of aromatic amines is 1. The summed E-state index contributed by atoms with van der Waals surface area (Å²) in [5, 5.41) is 0. The monoisotopic (exact) mass is 373 g/mol.